The Kier molecular flexibility index (Phi) is 3.35. The molecule has 1 N–H and O–H groups in total. The minimum Gasteiger partial charge on any atom is -0.370 e. The summed E-state index contributed by atoms with van der Waals surface area (Å²) in [4.78, 5) is 16.5. The van der Waals surface area contributed by atoms with E-state index in [4.69, 9.17) is 9.97 Å². The molecule has 0 unspecified atom stereocenters. The molecule has 1 aliphatic rings. The Morgan fingerprint density at radius 2 is 2.14 bits per heavy atom. The van der Waals surface area contributed by atoms with E-state index < -0.39 is 0 Å². The molecule has 0 fully saturated rings. The molecule has 21 heavy (non-hydrogen) atoms. The molecule has 0 radical (unpaired) electrons. The quantitative estimate of drug-likeness (QED) is 0.789. The monoisotopic (exact) mass is 316 g/mol. The fourth-order valence-electron chi connectivity index (χ4n) is 2.89. The van der Waals surface area contributed by atoms with E-state index in [1.54, 1.807) is 11.3 Å². The van der Waals surface area contributed by atoms with Crippen LogP contribution in [0.2, 0.25) is 0 Å². The van der Waals surface area contributed by atoms with Gasteiger partial charge in [0.15, 0.2) is 5.82 Å². The Bertz CT molecular complexity index is 777. The molecule has 0 aliphatic heterocycles. The van der Waals surface area contributed by atoms with E-state index in [-0.39, 0.29) is 0 Å². The summed E-state index contributed by atoms with van der Waals surface area (Å²) in [6.45, 7) is 2.97. The number of nitrogens with one attached hydrogen (secondary N) is 1. The number of thiophene rings is 1. The van der Waals surface area contributed by atoms with E-state index >= 15 is 0 Å². The van der Waals surface area contributed by atoms with E-state index in [0.29, 0.717) is 0 Å². The summed E-state index contributed by atoms with van der Waals surface area (Å²) in [6.07, 6.45) is 4.92. The van der Waals surface area contributed by atoms with Crippen molar-refractivity contribution >= 4 is 38.7 Å². The third kappa shape index (κ3) is 2.22. The Hall–Kier alpha value is -1.53. The van der Waals surface area contributed by atoms with Gasteiger partial charge in [-0.3, -0.25) is 0 Å². The molecule has 0 bridgehead atoms. The zero-order chi connectivity index (χ0) is 14.2. The van der Waals surface area contributed by atoms with Crippen molar-refractivity contribution in [3.8, 4) is 11.5 Å². The van der Waals surface area contributed by atoms with Gasteiger partial charge in [0.05, 0.1) is 10.9 Å². The summed E-state index contributed by atoms with van der Waals surface area (Å²) in [5, 5.41) is 6.67. The lowest BCUT2D eigenvalue weighted by Crippen LogP contribution is -2.04. The minimum atomic E-state index is 0.735. The van der Waals surface area contributed by atoms with E-state index in [1.807, 2.05) is 22.2 Å². The molecule has 0 saturated heterocycles. The van der Waals surface area contributed by atoms with Gasteiger partial charge in [0.2, 0.25) is 0 Å². The summed E-state index contributed by atoms with van der Waals surface area (Å²) >= 11 is 3.41. The smallest absolute Gasteiger partial charge is 0.182 e. The molecular formula is C15H16N4S2. The molecule has 0 spiro atoms. The van der Waals surface area contributed by atoms with Gasteiger partial charge in [-0.05, 0) is 38.2 Å². The van der Waals surface area contributed by atoms with Crippen molar-refractivity contribution < 1.29 is 0 Å². The molecule has 0 aromatic carbocycles. The van der Waals surface area contributed by atoms with E-state index in [2.05, 4.69) is 17.2 Å². The maximum atomic E-state index is 4.78. The maximum Gasteiger partial charge on any atom is 0.182 e. The van der Waals surface area contributed by atoms with Gasteiger partial charge in [-0.1, -0.05) is 0 Å². The molecule has 108 valence electrons. The first-order valence-corrected chi connectivity index (χ1v) is 9.07. The van der Waals surface area contributed by atoms with Crippen LogP contribution in [0.5, 0.6) is 0 Å². The summed E-state index contributed by atoms with van der Waals surface area (Å²) < 4.78 is 0. The van der Waals surface area contributed by atoms with Crippen LogP contribution < -0.4 is 5.32 Å². The minimum absolute atomic E-state index is 0.735. The van der Waals surface area contributed by atoms with Crippen molar-refractivity contribution in [3.05, 3.63) is 21.3 Å². The van der Waals surface area contributed by atoms with Crippen molar-refractivity contribution in [3.63, 3.8) is 0 Å². The van der Waals surface area contributed by atoms with Crippen LogP contribution in [0.4, 0.5) is 5.82 Å². The molecule has 4 rings (SSSR count). The lowest BCUT2D eigenvalue weighted by atomic mass is 9.97. The lowest BCUT2D eigenvalue weighted by molar-refractivity contribution is 0.700. The summed E-state index contributed by atoms with van der Waals surface area (Å²) in [6, 6.07) is 0. The van der Waals surface area contributed by atoms with Crippen molar-refractivity contribution in [2.75, 3.05) is 11.9 Å². The van der Waals surface area contributed by atoms with E-state index in [9.17, 15) is 0 Å². The highest BCUT2D eigenvalue weighted by atomic mass is 32.1. The van der Waals surface area contributed by atoms with Crippen LogP contribution in [0.3, 0.4) is 0 Å². The van der Waals surface area contributed by atoms with Crippen LogP contribution >= 0.6 is 22.7 Å². The van der Waals surface area contributed by atoms with Gasteiger partial charge < -0.3 is 5.32 Å². The second kappa shape index (κ2) is 5.35. The fourth-order valence-corrected chi connectivity index (χ4v) is 4.68. The normalized spacial score (nSPS) is 14.3. The molecule has 3 aromatic heterocycles. The van der Waals surface area contributed by atoms with Crippen molar-refractivity contribution in [1.29, 1.82) is 0 Å². The highest BCUT2D eigenvalue weighted by molar-refractivity contribution is 7.19. The topological polar surface area (TPSA) is 50.7 Å². The molecule has 0 amide bonds. The second-order valence-corrected chi connectivity index (χ2v) is 6.99. The molecular weight excluding hydrogens is 300 g/mol. The Labute approximate surface area is 131 Å². The lowest BCUT2D eigenvalue weighted by Gasteiger charge is -2.12. The number of rotatable bonds is 3. The summed E-state index contributed by atoms with van der Waals surface area (Å²) in [7, 11) is 0. The van der Waals surface area contributed by atoms with Crippen LogP contribution in [-0.2, 0) is 12.8 Å². The average molecular weight is 316 g/mol. The number of hydrogen-bond donors (Lipinski definition) is 1. The van der Waals surface area contributed by atoms with E-state index in [0.717, 1.165) is 35.1 Å². The fraction of sp³-hybridized carbons (Fsp3) is 0.400. The molecule has 4 nitrogen and oxygen atoms in total. The average Bonchev–Trinajstić information content (AvgIpc) is 3.14. The number of aryl methyl sites for hydroxylation is 2. The highest BCUT2D eigenvalue weighted by Gasteiger charge is 2.21. The van der Waals surface area contributed by atoms with E-state index in [1.165, 1.54) is 35.1 Å². The van der Waals surface area contributed by atoms with Gasteiger partial charge in [-0.25, -0.2) is 15.0 Å². The first kappa shape index (κ1) is 13.2. The zero-order valence-corrected chi connectivity index (χ0v) is 13.5. The van der Waals surface area contributed by atoms with Crippen molar-refractivity contribution in [1.82, 2.24) is 15.0 Å². The van der Waals surface area contributed by atoms with Crippen molar-refractivity contribution in [2.45, 2.75) is 32.6 Å². The number of fused-ring (bicyclic) bond motifs is 3. The highest BCUT2D eigenvalue weighted by Crippen LogP contribution is 2.39. The summed E-state index contributed by atoms with van der Waals surface area (Å²) in [5.74, 6) is 1.71. The predicted octanol–water partition coefficient (Wildman–Crippen LogP) is 4.13. The molecule has 1 aliphatic carbocycles. The predicted molar refractivity (Wildman–Crippen MR) is 89.3 cm³/mol. The van der Waals surface area contributed by atoms with Gasteiger partial charge in [-0.2, -0.15) is 0 Å². The van der Waals surface area contributed by atoms with Gasteiger partial charge in [0.1, 0.15) is 16.3 Å². The van der Waals surface area contributed by atoms with Crippen LogP contribution in [0.15, 0.2) is 10.9 Å². The molecule has 0 atom stereocenters. The third-order valence-corrected chi connectivity index (χ3v) is 5.59. The van der Waals surface area contributed by atoms with Gasteiger partial charge in [0.25, 0.3) is 0 Å². The standard InChI is InChI=1S/C15H16N4S2/c1-2-16-14-12-9-5-3-4-6-11(9)21-15(12)19-13(18-14)10-7-20-8-17-10/h7-8H,2-6H2,1H3,(H,16,18,19). The molecule has 6 heteroatoms. The number of nitrogens with zero attached hydrogens (tertiary/aromatic N) is 3. The first-order chi connectivity index (χ1) is 10.4. The Morgan fingerprint density at radius 3 is 2.95 bits per heavy atom. The number of aromatic nitrogens is 3. The number of thiazole rings is 1. The molecule has 3 heterocycles. The Morgan fingerprint density at radius 1 is 1.24 bits per heavy atom. The van der Waals surface area contributed by atoms with Crippen LogP contribution in [0.1, 0.15) is 30.2 Å². The Balaban J connectivity index is 1.96. The van der Waals surface area contributed by atoms with Gasteiger partial charge >= 0.3 is 0 Å². The maximum absolute atomic E-state index is 4.78. The van der Waals surface area contributed by atoms with Crippen LogP contribution in [0.25, 0.3) is 21.7 Å². The first-order valence-electron chi connectivity index (χ1n) is 7.31. The van der Waals surface area contributed by atoms with Gasteiger partial charge in [0, 0.05) is 16.8 Å². The number of hydrogen-bond acceptors (Lipinski definition) is 6. The number of anilines is 1. The zero-order valence-electron chi connectivity index (χ0n) is 11.8. The van der Waals surface area contributed by atoms with Crippen LogP contribution in [0, 0.1) is 0 Å². The SMILES string of the molecule is CCNc1nc(-c2cscn2)nc2sc3c(c12)CCCC3. The van der Waals surface area contributed by atoms with Crippen LogP contribution in [-0.4, -0.2) is 21.5 Å². The molecule has 0 saturated carbocycles. The van der Waals surface area contributed by atoms with Gasteiger partial charge in [-0.15, -0.1) is 22.7 Å². The third-order valence-electron chi connectivity index (χ3n) is 3.82. The van der Waals surface area contributed by atoms with Crippen molar-refractivity contribution in [2.24, 2.45) is 0 Å². The largest absolute Gasteiger partial charge is 0.370 e. The molecule has 3 aromatic rings. The second-order valence-electron chi connectivity index (χ2n) is 5.19. The summed E-state index contributed by atoms with van der Waals surface area (Å²) in [5.41, 5.74) is 4.17.